The topological polar surface area (TPSA) is 97.3 Å². The van der Waals surface area contributed by atoms with Crippen molar-refractivity contribution in [3.8, 4) is 11.5 Å². The van der Waals surface area contributed by atoms with Crippen LogP contribution in [0.25, 0.3) is 0 Å². The number of hydrogen-bond donors (Lipinski definition) is 2. The van der Waals surface area contributed by atoms with E-state index in [-0.39, 0.29) is 18.4 Å². The minimum atomic E-state index is -1.49. The molecule has 2 aliphatic rings. The molecule has 1 aliphatic heterocycles. The van der Waals surface area contributed by atoms with E-state index in [4.69, 9.17) is 14.6 Å². The van der Waals surface area contributed by atoms with Gasteiger partial charge in [-0.05, 0) is 48.6 Å². The Bertz CT molecular complexity index is 629. The van der Waals surface area contributed by atoms with Crippen molar-refractivity contribution < 1.29 is 29.0 Å². The summed E-state index contributed by atoms with van der Waals surface area (Å²) in [5.41, 5.74) is 3.09. The highest BCUT2D eigenvalue weighted by atomic mass is 16.8. The normalized spacial score (nSPS) is 21.5. The van der Waals surface area contributed by atoms with Gasteiger partial charge >= 0.3 is 6.16 Å². The molecule has 0 bridgehead atoms. The van der Waals surface area contributed by atoms with Crippen LogP contribution >= 0.6 is 0 Å². The molecule has 1 aromatic carbocycles. The van der Waals surface area contributed by atoms with Crippen LogP contribution in [0.1, 0.15) is 43.7 Å². The molecule has 1 unspecified atom stereocenters. The first-order valence-corrected chi connectivity index (χ1v) is 7.91. The van der Waals surface area contributed by atoms with Gasteiger partial charge in [-0.2, -0.15) is 0 Å². The number of nitrogens with zero attached hydrogens (tertiary/aromatic N) is 1. The number of carbonyl (C=O) groups excluding carboxylic acids is 1. The zero-order valence-electron chi connectivity index (χ0n) is 13.4. The van der Waals surface area contributed by atoms with Gasteiger partial charge in [0.1, 0.15) is 6.04 Å². The molecule has 1 saturated carbocycles. The highest BCUT2D eigenvalue weighted by molar-refractivity contribution is 5.78. The zero-order chi connectivity index (χ0) is 17.1. The molecular formula is C16H20N2O6. The molecule has 8 heteroatoms. The summed E-state index contributed by atoms with van der Waals surface area (Å²) in [6.07, 6.45) is 3.07. The fraction of sp³-hybridized carbons (Fsp3) is 0.500. The minimum Gasteiger partial charge on any atom is -0.493 e. The minimum absolute atomic E-state index is 0.0997. The second-order valence-corrected chi connectivity index (χ2v) is 5.87. The fourth-order valence-electron chi connectivity index (χ4n) is 3.11. The fourth-order valence-corrected chi connectivity index (χ4v) is 3.11. The lowest BCUT2D eigenvalue weighted by molar-refractivity contribution is -0.168. The Morgan fingerprint density at radius 2 is 2.04 bits per heavy atom. The van der Waals surface area contributed by atoms with Crippen LogP contribution in [0.15, 0.2) is 18.2 Å². The molecule has 24 heavy (non-hydrogen) atoms. The third-order valence-electron chi connectivity index (χ3n) is 4.24. The molecule has 1 amide bonds. The number of ether oxygens (including phenoxy) is 2. The molecule has 1 aliphatic carbocycles. The summed E-state index contributed by atoms with van der Waals surface area (Å²) in [4.78, 5) is 27.0. The zero-order valence-corrected chi connectivity index (χ0v) is 13.4. The monoisotopic (exact) mass is 336 g/mol. The molecule has 1 saturated heterocycles. The van der Waals surface area contributed by atoms with E-state index in [1.165, 1.54) is 0 Å². The molecule has 3 rings (SSSR count). The van der Waals surface area contributed by atoms with Gasteiger partial charge in [-0.15, -0.1) is 0 Å². The molecule has 1 aromatic rings. The van der Waals surface area contributed by atoms with Crippen LogP contribution < -0.4 is 14.9 Å². The predicted molar refractivity (Wildman–Crippen MR) is 82.3 cm³/mol. The van der Waals surface area contributed by atoms with Crippen LogP contribution in [0.5, 0.6) is 11.5 Å². The van der Waals surface area contributed by atoms with E-state index < -0.39 is 12.2 Å². The number of hydrazine groups is 1. The van der Waals surface area contributed by atoms with E-state index in [1.807, 2.05) is 0 Å². The van der Waals surface area contributed by atoms with Crippen LogP contribution in [-0.4, -0.2) is 35.6 Å². The number of amides is 1. The van der Waals surface area contributed by atoms with E-state index in [1.54, 1.807) is 25.3 Å². The van der Waals surface area contributed by atoms with Crippen molar-refractivity contribution in [1.82, 2.24) is 10.6 Å². The van der Waals surface area contributed by atoms with Gasteiger partial charge in [-0.3, -0.25) is 10.2 Å². The lowest BCUT2D eigenvalue weighted by Gasteiger charge is -2.22. The summed E-state index contributed by atoms with van der Waals surface area (Å²) >= 11 is 0. The van der Waals surface area contributed by atoms with E-state index in [0.717, 1.165) is 30.9 Å². The van der Waals surface area contributed by atoms with Gasteiger partial charge in [0, 0.05) is 0 Å². The van der Waals surface area contributed by atoms with Crippen molar-refractivity contribution in [2.24, 2.45) is 0 Å². The van der Waals surface area contributed by atoms with Crippen LogP contribution in [0.2, 0.25) is 0 Å². The molecule has 0 aromatic heterocycles. The highest BCUT2D eigenvalue weighted by Gasteiger charge is 2.35. The Balaban J connectivity index is 1.84. The Labute approximate surface area is 139 Å². The maximum absolute atomic E-state index is 11.6. The lowest BCUT2D eigenvalue weighted by Crippen LogP contribution is -2.36. The molecule has 0 radical (unpaired) electrons. The summed E-state index contributed by atoms with van der Waals surface area (Å²) in [6.45, 7) is 0. The summed E-state index contributed by atoms with van der Waals surface area (Å²) in [5.74, 6) is 0.889. The molecule has 2 fully saturated rings. The van der Waals surface area contributed by atoms with E-state index in [9.17, 15) is 9.59 Å². The SMILES string of the molecule is COc1ccc(C2CC(=O)NN2OC(=O)O)cc1OC1CCCC1. The van der Waals surface area contributed by atoms with Gasteiger partial charge in [0.15, 0.2) is 11.5 Å². The van der Waals surface area contributed by atoms with Crippen molar-refractivity contribution in [2.45, 2.75) is 44.2 Å². The first kappa shape index (κ1) is 16.4. The van der Waals surface area contributed by atoms with Gasteiger partial charge in [-0.25, -0.2) is 4.79 Å². The van der Waals surface area contributed by atoms with Gasteiger partial charge in [0.2, 0.25) is 5.91 Å². The lowest BCUT2D eigenvalue weighted by atomic mass is 10.0. The number of carbonyl (C=O) groups is 2. The maximum atomic E-state index is 11.6. The van der Waals surface area contributed by atoms with Gasteiger partial charge < -0.3 is 19.4 Å². The standard InChI is InChI=1S/C16H20N2O6/c1-22-13-7-6-10(8-14(13)23-11-4-2-3-5-11)12-9-15(19)17-18(12)24-16(20)21/h6-8,11-12H,2-5,9H2,1H3,(H,17,19)(H,20,21). The summed E-state index contributed by atoms with van der Waals surface area (Å²) in [7, 11) is 1.57. The maximum Gasteiger partial charge on any atom is 0.527 e. The number of hydrogen-bond acceptors (Lipinski definition) is 6. The smallest absolute Gasteiger partial charge is 0.493 e. The second kappa shape index (κ2) is 6.96. The van der Waals surface area contributed by atoms with Crippen molar-refractivity contribution >= 4 is 12.1 Å². The third kappa shape index (κ3) is 3.53. The van der Waals surface area contributed by atoms with Crippen molar-refractivity contribution in [2.75, 3.05) is 7.11 Å². The Kier molecular flexibility index (Phi) is 4.75. The molecule has 2 N–H and O–H groups in total. The highest BCUT2D eigenvalue weighted by Crippen LogP contribution is 2.36. The summed E-state index contributed by atoms with van der Waals surface area (Å²) in [5, 5.41) is 9.74. The first-order valence-electron chi connectivity index (χ1n) is 7.91. The average molecular weight is 336 g/mol. The Hall–Kier alpha value is -2.48. The van der Waals surface area contributed by atoms with Crippen LogP contribution in [0.3, 0.4) is 0 Å². The quantitative estimate of drug-likeness (QED) is 0.852. The molecular weight excluding hydrogens is 316 g/mol. The van der Waals surface area contributed by atoms with Crippen molar-refractivity contribution in [3.05, 3.63) is 23.8 Å². The van der Waals surface area contributed by atoms with Crippen LogP contribution in [0.4, 0.5) is 4.79 Å². The molecule has 1 heterocycles. The largest absolute Gasteiger partial charge is 0.527 e. The number of hydroxylamine groups is 1. The Morgan fingerprint density at radius 1 is 1.29 bits per heavy atom. The number of carboxylic acid groups (broad SMARTS) is 1. The van der Waals surface area contributed by atoms with Gasteiger partial charge in [-0.1, -0.05) is 6.07 Å². The molecule has 1 atom stereocenters. The van der Waals surface area contributed by atoms with E-state index >= 15 is 0 Å². The van der Waals surface area contributed by atoms with Crippen molar-refractivity contribution in [1.29, 1.82) is 0 Å². The number of nitrogens with one attached hydrogen (secondary N) is 1. The van der Waals surface area contributed by atoms with E-state index in [0.29, 0.717) is 17.1 Å². The molecule has 130 valence electrons. The third-order valence-corrected chi connectivity index (χ3v) is 4.24. The number of methoxy groups -OCH3 is 1. The Morgan fingerprint density at radius 3 is 2.71 bits per heavy atom. The average Bonchev–Trinajstić information content (AvgIpc) is 3.16. The summed E-state index contributed by atoms with van der Waals surface area (Å²) in [6, 6.07) is 4.75. The first-order chi connectivity index (χ1) is 11.6. The molecule has 8 nitrogen and oxygen atoms in total. The number of rotatable bonds is 5. The van der Waals surface area contributed by atoms with Gasteiger partial charge in [0.25, 0.3) is 0 Å². The van der Waals surface area contributed by atoms with Crippen LogP contribution in [0, 0.1) is 0 Å². The predicted octanol–water partition coefficient (Wildman–Crippen LogP) is 2.40. The molecule has 0 spiro atoms. The summed E-state index contributed by atoms with van der Waals surface area (Å²) < 4.78 is 11.4. The second-order valence-electron chi connectivity index (χ2n) is 5.87. The van der Waals surface area contributed by atoms with Crippen LogP contribution in [-0.2, 0) is 9.63 Å². The number of benzene rings is 1. The van der Waals surface area contributed by atoms with E-state index in [2.05, 4.69) is 10.3 Å². The van der Waals surface area contributed by atoms with Gasteiger partial charge in [0.05, 0.1) is 19.6 Å². The van der Waals surface area contributed by atoms with Crippen molar-refractivity contribution in [3.63, 3.8) is 0 Å².